The third-order valence-electron chi connectivity index (χ3n) is 4.59. The summed E-state index contributed by atoms with van der Waals surface area (Å²) in [4.78, 5) is 16.7. The van der Waals surface area contributed by atoms with Crippen molar-refractivity contribution in [3.8, 4) is 11.4 Å². The Morgan fingerprint density at radius 3 is 2.62 bits per heavy atom. The molecule has 1 atom stereocenters. The minimum Gasteiger partial charge on any atom is -0.443 e. The van der Waals surface area contributed by atoms with Crippen molar-refractivity contribution in [3.63, 3.8) is 0 Å². The van der Waals surface area contributed by atoms with E-state index in [4.69, 9.17) is 16.0 Å². The number of aromatic nitrogens is 4. The van der Waals surface area contributed by atoms with Gasteiger partial charge in [0.1, 0.15) is 5.60 Å². The zero-order chi connectivity index (χ0) is 23.4. The Morgan fingerprint density at radius 1 is 1.31 bits per heavy atom. The van der Waals surface area contributed by atoms with Crippen LogP contribution in [0, 0.1) is 6.57 Å². The van der Waals surface area contributed by atoms with Crippen molar-refractivity contribution in [2.45, 2.75) is 63.2 Å². The summed E-state index contributed by atoms with van der Waals surface area (Å²) in [5.41, 5.74) is -0.342. The molecule has 0 N–H and O–H groups in total. The van der Waals surface area contributed by atoms with E-state index in [1.807, 2.05) is 0 Å². The van der Waals surface area contributed by atoms with Crippen molar-refractivity contribution < 1.29 is 22.7 Å². The van der Waals surface area contributed by atoms with Gasteiger partial charge in [-0.2, -0.15) is 4.80 Å². The molecule has 3 rings (SSSR count). The van der Waals surface area contributed by atoms with Crippen LogP contribution in [0.4, 0.5) is 4.79 Å². The molecule has 0 spiro atoms. The lowest BCUT2D eigenvalue weighted by molar-refractivity contribution is 0.00132. The maximum atomic E-state index is 12.9. The molecule has 0 radical (unpaired) electrons. The summed E-state index contributed by atoms with van der Waals surface area (Å²) < 4.78 is 37.1. The quantitative estimate of drug-likeness (QED) is 0.601. The molecule has 1 aliphatic rings. The third kappa shape index (κ3) is 5.80. The SMILES string of the molecule is [C-]#[N+]CN(C(=O)OC(C)(C)C)S(=O)(=O)c1ccc(-c2nnn(CC3CCCCO3)n2)cc1. The molecule has 32 heavy (non-hydrogen) atoms. The molecule has 2 aromatic rings. The zero-order valence-corrected chi connectivity index (χ0v) is 19.1. The molecule has 2 heterocycles. The summed E-state index contributed by atoms with van der Waals surface area (Å²) in [6, 6.07) is 5.71. The van der Waals surface area contributed by atoms with Crippen molar-refractivity contribution in [2.24, 2.45) is 0 Å². The number of nitrogens with zero attached hydrogens (tertiary/aromatic N) is 6. The molecular formula is C20H26N6O5S. The lowest BCUT2D eigenvalue weighted by Crippen LogP contribution is -2.40. The highest BCUT2D eigenvalue weighted by molar-refractivity contribution is 7.89. The van der Waals surface area contributed by atoms with Crippen LogP contribution in [-0.2, 0) is 26.0 Å². The van der Waals surface area contributed by atoms with Crippen LogP contribution in [0.15, 0.2) is 29.2 Å². The Hall–Kier alpha value is -3.04. The normalized spacial score (nSPS) is 16.9. The highest BCUT2D eigenvalue weighted by Gasteiger charge is 2.35. The molecule has 172 valence electrons. The number of carbonyl (C=O) groups is 1. The molecule has 1 aromatic heterocycles. The van der Waals surface area contributed by atoms with Crippen LogP contribution in [-0.4, -0.2) is 64.0 Å². The Morgan fingerprint density at radius 2 is 2.03 bits per heavy atom. The number of rotatable bonds is 6. The van der Waals surface area contributed by atoms with Gasteiger partial charge in [-0.1, -0.05) is 0 Å². The van der Waals surface area contributed by atoms with Crippen molar-refractivity contribution in [1.82, 2.24) is 24.5 Å². The molecule has 11 nitrogen and oxygen atoms in total. The van der Waals surface area contributed by atoms with Crippen LogP contribution >= 0.6 is 0 Å². The fourth-order valence-corrected chi connectivity index (χ4v) is 4.26. The largest absolute Gasteiger partial charge is 0.443 e. The van der Waals surface area contributed by atoms with E-state index in [-0.39, 0.29) is 11.0 Å². The number of benzene rings is 1. The van der Waals surface area contributed by atoms with Crippen LogP contribution in [0.5, 0.6) is 0 Å². The van der Waals surface area contributed by atoms with Crippen LogP contribution < -0.4 is 0 Å². The molecule has 0 aliphatic carbocycles. The van der Waals surface area contributed by atoms with Gasteiger partial charge in [-0.05, 0) is 69.5 Å². The fourth-order valence-electron chi connectivity index (χ4n) is 3.08. The monoisotopic (exact) mass is 462 g/mol. The highest BCUT2D eigenvalue weighted by atomic mass is 32.2. The van der Waals surface area contributed by atoms with E-state index < -0.39 is 28.4 Å². The molecule has 1 saturated heterocycles. The van der Waals surface area contributed by atoms with Crippen molar-refractivity contribution in [2.75, 3.05) is 13.3 Å². The van der Waals surface area contributed by atoms with E-state index in [1.54, 1.807) is 20.8 Å². The topological polar surface area (TPSA) is 121 Å². The second kappa shape index (κ2) is 9.62. The molecule has 1 amide bonds. The summed E-state index contributed by atoms with van der Waals surface area (Å²) in [6.45, 7) is 12.4. The maximum absolute atomic E-state index is 12.9. The molecule has 1 aliphatic heterocycles. The van der Waals surface area contributed by atoms with Gasteiger partial charge in [0, 0.05) is 12.2 Å². The predicted molar refractivity (Wildman–Crippen MR) is 114 cm³/mol. The first-order valence-electron chi connectivity index (χ1n) is 10.2. The van der Waals surface area contributed by atoms with Gasteiger partial charge in [0.15, 0.2) is 0 Å². The first kappa shape index (κ1) is 23.6. The second-order valence-electron chi connectivity index (χ2n) is 8.31. The molecule has 12 heteroatoms. The minimum atomic E-state index is -4.28. The summed E-state index contributed by atoms with van der Waals surface area (Å²) >= 11 is 0. The van der Waals surface area contributed by atoms with Gasteiger partial charge in [-0.25, -0.2) is 19.8 Å². The first-order chi connectivity index (χ1) is 15.1. The Labute approximate surface area is 187 Å². The van der Waals surface area contributed by atoms with E-state index in [2.05, 4.69) is 20.3 Å². The van der Waals surface area contributed by atoms with Crippen LogP contribution in [0.2, 0.25) is 0 Å². The van der Waals surface area contributed by atoms with Gasteiger partial charge in [0.2, 0.25) is 5.82 Å². The van der Waals surface area contributed by atoms with Gasteiger partial charge in [-0.3, -0.25) is 4.85 Å². The predicted octanol–water partition coefficient (Wildman–Crippen LogP) is 2.71. The lowest BCUT2D eigenvalue weighted by atomic mass is 10.1. The Balaban J connectivity index is 1.76. The number of ether oxygens (including phenoxy) is 2. The smallest absolute Gasteiger partial charge is 0.430 e. The van der Waals surface area contributed by atoms with E-state index in [1.165, 1.54) is 29.1 Å². The molecular weight excluding hydrogens is 436 g/mol. The standard InChI is InChI=1S/C20H26N6O5S/c1-20(2,3)31-19(27)25(14-21-4)32(28,29)17-10-8-15(9-11-17)18-22-24-26(23-18)13-16-7-5-6-12-30-16/h8-11,16H,5-7,12-14H2,1-3H3. The van der Waals surface area contributed by atoms with Gasteiger partial charge >= 0.3 is 12.8 Å². The number of hydrogen-bond donors (Lipinski definition) is 0. The van der Waals surface area contributed by atoms with Gasteiger partial charge in [0.05, 0.1) is 17.5 Å². The minimum absolute atomic E-state index is 0.0552. The fraction of sp³-hybridized carbons (Fsp3) is 0.550. The van der Waals surface area contributed by atoms with E-state index in [9.17, 15) is 13.2 Å². The maximum Gasteiger partial charge on any atom is 0.430 e. The summed E-state index contributed by atoms with van der Waals surface area (Å²) in [5.74, 6) is 0.343. The third-order valence-corrected chi connectivity index (χ3v) is 6.30. The van der Waals surface area contributed by atoms with Gasteiger partial charge in [-0.15, -0.1) is 14.5 Å². The van der Waals surface area contributed by atoms with Crippen LogP contribution in [0.3, 0.4) is 0 Å². The lowest BCUT2D eigenvalue weighted by Gasteiger charge is -2.24. The number of sulfonamides is 1. The van der Waals surface area contributed by atoms with Gasteiger partial charge in [0.25, 0.3) is 10.0 Å². The van der Waals surface area contributed by atoms with E-state index in [0.717, 1.165) is 25.9 Å². The summed E-state index contributed by atoms with van der Waals surface area (Å²) in [5, 5.41) is 12.4. The average molecular weight is 463 g/mol. The van der Waals surface area contributed by atoms with Crippen LogP contribution in [0.1, 0.15) is 40.0 Å². The van der Waals surface area contributed by atoms with Crippen molar-refractivity contribution in [1.29, 1.82) is 0 Å². The van der Waals surface area contributed by atoms with Crippen molar-refractivity contribution in [3.05, 3.63) is 35.7 Å². The van der Waals surface area contributed by atoms with E-state index in [0.29, 0.717) is 22.2 Å². The molecule has 0 bridgehead atoms. The first-order valence-corrected chi connectivity index (χ1v) is 11.6. The average Bonchev–Trinajstić information content (AvgIpc) is 3.20. The number of amides is 1. The molecule has 0 saturated carbocycles. The van der Waals surface area contributed by atoms with Gasteiger partial charge < -0.3 is 9.47 Å². The highest BCUT2D eigenvalue weighted by Crippen LogP contribution is 2.23. The number of tetrazole rings is 1. The molecule has 1 unspecified atom stereocenters. The van der Waals surface area contributed by atoms with Crippen LogP contribution in [0.25, 0.3) is 16.2 Å². The molecule has 1 fully saturated rings. The zero-order valence-electron chi connectivity index (χ0n) is 18.3. The van der Waals surface area contributed by atoms with E-state index >= 15 is 0 Å². The second-order valence-corrected chi connectivity index (χ2v) is 10.2. The summed E-state index contributed by atoms with van der Waals surface area (Å²) in [7, 11) is -4.28. The summed E-state index contributed by atoms with van der Waals surface area (Å²) in [6.07, 6.45) is 2.06. The number of hydrogen-bond acceptors (Lipinski definition) is 8. The Kier molecular flexibility index (Phi) is 7.10. The number of carbonyl (C=O) groups excluding carboxylic acids is 1. The Bertz CT molecular complexity index is 1080. The van der Waals surface area contributed by atoms with Crippen molar-refractivity contribution >= 4 is 16.1 Å². The molecule has 1 aromatic carbocycles.